The average molecular weight is 410 g/mol. The van der Waals surface area contributed by atoms with Gasteiger partial charge in [-0.1, -0.05) is 47.5 Å². The topological polar surface area (TPSA) is 38.3 Å². The number of amides is 1. The van der Waals surface area contributed by atoms with Crippen LogP contribution in [0.2, 0.25) is 10.0 Å². The number of carbonyl (C=O) groups is 1. The van der Waals surface area contributed by atoms with Gasteiger partial charge >= 0.3 is 0 Å². The number of ether oxygens (including phenoxy) is 1. The Morgan fingerprint density at radius 1 is 1.08 bits per heavy atom. The number of rotatable bonds is 6. The Bertz CT molecular complexity index is 865. The molecule has 1 unspecified atom stereocenters. The zero-order chi connectivity index (χ0) is 18.5. The molecule has 2 aromatic carbocycles. The SMILES string of the molecule is O=C(COc1c(Cl)cccc1Cl)NC(c1ccc(F)cc1)c1cccs1. The average Bonchev–Trinajstić information content (AvgIpc) is 3.14. The molecular formula is C19H14Cl2FNO2S. The summed E-state index contributed by atoms with van der Waals surface area (Å²) in [5.41, 5.74) is 0.776. The Morgan fingerprint density at radius 3 is 2.38 bits per heavy atom. The molecule has 0 aliphatic heterocycles. The third-order valence-corrected chi connectivity index (χ3v) is 5.14. The second-order valence-electron chi connectivity index (χ2n) is 5.41. The summed E-state index contributed by atoms with van der Waals surface area (Å²) in [6.07, 6.45) is 0. The van der Waals surface area contributed by atoms with E-state index in [1.54, 1.807) is 30.3 Å². The summed E-state index contributed by atoms with van der Waals surface area (Å²) in [5, 5.41) is 5.48. The summed E-state index contributed by atoms with van der Waals surface area (Å²) in [6.45, 7) is -0.244. The van der Waals surface area contributed by atoms with E-state index in [2.05, 4.69) is 5.32 Å². The predicted molar refractivity (Wildman–Crippen MR) is 103 cm³/mol. The number of halogens is 3. The fourth-order valence-corrected chi connectivity index (χ4v) is 3.70. The second kappa shape index (κ2) is 8.54. The van der Waals surface area contributed by atoms with Crippen molar-refractivity contribution < 1.29 is 13.9 Å². The number of hydrogen-bond donors (Lipinski definition) is 1. The van der Waals surface area contributed by atoms with Crippen LogP contribution in [0.5, 0.6) is 5.75 Å². The zero-order valence-corrected chi connectivity index (χ0v) is 15.7. The highest BCUT2D eigenvalue weighted by Gasteiger charge is 2.19. The Hall–Kier alpha value is -2.08. The molecule has 0 aliphatic carbocycles. The molecule has 26 heavy (non-hydrogen) atoms. The monoisotopic (exact) mass is 409 g/mol. The summed E-state index contributed by atoms with van der Waals surface area (Å²) in [5.74, 6) is -0.411. The highest BCUT2D eigenvalue weighted by molar-refractivity contribution is 7.10. The third-order valence-electron chi connectivity index (χ3n) is 3.60. The highest BCUT2D eigenvalue weighted by Crippen LogP contribution is 2.32. The molecule has 1 amide bonds. The third kappa shape index (κ3) is 4.55. The minimum atomic E-state index is -0.395. The Morgan fingerprint density at radius 2 is 1.77 bits per heavy atom. The van der Waals surface area contributed by atoms with Crippen molar-refractivity contribution in [1.82, 2.24) is 5.32 Å². The van der Waals surface area contributed by atoms with Crippen molar-refractivity contribution in [2.45, 2.75) is 6.04 Å². The molecule has 0 bridgehead atoms. The van der Waals surface area contributed by atoms with E-state index in [1.165, 1.54) is 23.5 Å². The molecule has 7 heteroatoms. The first-order valence-corrected chi connectivity index (χ1v) is 9.33. The predicted octanol–water partition coefficient (Wildman–Crippen LogP) is 5.48. The molecule has 3 nitrogen and oxygen atoms in total. The molecule has 0 aliphatic rings. The van der Waals surface area contributed by atoms with Crippen LogP contribution in [0.15, 0.2) is 60.0 Å². The molecule has 0 fully saturated rings. The van der Waals surface area contributed by atoms with Crippen molar-refractivity contribution in [3.8, 4) is 5.75 Å². The van der Waals surface area contributed by atoms with Crippen LogP contribution in [0.1, 0.15) is 16.5 Å². The summed E-state index contributed by atoms with van der Waals surface area (Å²) in [6, 6.07) is 14.4. The molecule has 1 atom stereocenters. The lowest BCUT2D eigenvalue weighted by Crippen LogP contribution is -2.33. The van der Waals surface area contributed by atoms with Crippen LogP contribution in [0.4, 0.5) is 4.39 Å². The van der Waals surface area contributed by atoms with Crippen LogP contribution < -0.4 is 10.1 Å². The molecule has 1 aromatic heterocycles. The first kappa shape index (κ1) is 18.7. The second-order valence-corrected chi connectivity index (χ2v) is 7.20. The zero-order valence-electron chi connectivity index (χ0n) is 13.4. The highest BCUT2D eigenvalue weighted by atomic mass is 35.5. The number of para-hydroxylation sites is 1. The van der Waals surface area contributed by atoms with Crippen LogP contribution in [-0.2, 0) is 4.79 Å². The van der Waals surface area contributed by atoms with Gasteiger partial charge in [0.1, 0.15) is 5.82 Å². The van der Waals surface area contributed by atoms with Gasteiger partial charge in [-0.15, -0.1) is 11.3 Å². The molecule has 3 rings (SSSR count). The minimum Gasteiger partial charge on any atom is -0.481 e. The number of hydrogen-bond acceptors (Lipinski definition) is 3. The van der Waals surface area contributed by atoms with E-state index in [9.17, 15) is 9.18 Å². The van der Waals surface area contributed by atoms with E-state index in [4.69, 9.17) is 27.9 Å². The maximum absolute atomic E-state index is 13.2. The molecular weight excluding hydrogens is 396 g/mol. The van der Waals surface area contributed by atoms with E-state index in [-0.39, 0.29) is 24.1 Å². The van der Waals surface area contributed by atoms with Crippen LogP contribution in [0.3, 0.4) is 0 Å². The van der Waals surface area contributed by atoms with Crippen LogP contribution in [0, 0.1) is 5.82 Å². The van der Waals surface area contributed by atoms with Gasteiger partial charge in [0.05, 0.1) is 16.1 Å². The minimum absolute atomic E-state index is 0.244. The fourth-order valence-electron chi connectivity index (χ4n) is 2.39. The van der Waals surface area contributed by atoms with Gasteiger partial charge in [-0.2, -0.15) is 0 Å². The van der Waals surface area contributed by atoms with Gasteiger partial charge in [-0.3, -0.25) is 4.79 Å². The van der Waals surface area contributed by atoms with Crippen molar-refractivity contribution >= 4 is 40.4 Å². The maximum Gasteiger partial charge on any atom is 0.258 e. The van der Waals surface area contributed by atoms with Crippen molar-refractivity contribution in [2.75, 3.05) is 6.61 Å². The van der Waals surface area contributed by atoms with Crippen molar-refractivity contribution in [3.63, 3.8) is 0 Å². The summed E-state index contributed by atoms with van der Waals surface area (Å²) in [4.78, 5) is 13.3. The molecule has 0 saturated heterocycles. The summed E-state index contributed by atoms with van der Waals surface area (Å²) in [7, 11) is 0. The van der Waals surface area contributed by atoms with Crippen molar-refractivity contribution in [3.05, 3.63) is 86.3 Å². The lowest BCUT2D eigenvalue weighted by Gasteiger charge is -2.18. The van der Waals surface area contributed by atoms with Gasteiger partial charge in [0.25, 0.3) is 5.91 Å². The molecule has 1 heterocycles. The quantitative estimate of drug-likeness (QED) is 0.585. The smallest absolute Gasteiger partial charge is 0.258 e. The lowest BCUT2D eigenvalue weighted by molar-refractivity contribution is -0.123. The van der Waals surface area contributed by atoms with Gasteiger partial charge in [0, 0.05) is 4.88 Å². The summed E-state index contributed by atoms with van der Waals surface area (Å²) < 4.78 is 18.7. The first-order valence-electron chi connectivity index (χ1n) is 7.69. The molecule has 3 aromatic rings. The Balaban J connectivity index is 1.73. The van der Waals surface area contributed by atoms with Gasteiger partial charge in [-0.25, -0.2) is 4.39 Å². The molecule has 134 valence electrons. The standard InChI is InChI=1S/C19H14Cl2FNO2S/c20-14-3-1-4-15(21)19(14)25-11-17(24)23-18(16-5-2-10-26-16)12-6-8-13(22)9-7-12/h1-10,18H,11H2,(H,23,24). The molecule has 0 saturated carbocycles. The van der Waals surface area contributed by atoms with Crippen LogP contribution in [-0.4, -0.2) is 12.5 Å². The van der Waals surface area contributed by atoms with E-state index in [0.29, 0.717) is 10.0 Å². The van der Waals surface area contributed by atoms with Crippen molar-refractivity contribution in [1.29, 1.82) is 0 Å². The van der Waals surface area contributed by atoms with Crippen molar-refractivity contribution in [2.24, 2.45) is 0 Å². The number of nitrogens with one attached hydrogen (secondary N) is 1. The van der Waals surface area contributed by atoms with Crippen LogP contribution in [0.25, 0.3) is 0 Å². The van der Waals surface area contributed by atoms with Gasteiger partial charge in [0.2, 0.25) is 0 Å². The Labute approximate surface area is 164 Å². The van der Waals surface area contributed by atoms with Gasteiger partial charge in [-0.05, 0) is 41.3 Å². The van der Waals surface area contributed by atoms with E-state index >= 15 is 0 Å². The number of carbonyl (C=O) groups excluding carboxylic acids is 1. The fraction of sp³-hybridized carbons (Fsp3) is 0.105. The van der Waals surface area contributed by atoms with Gasteiger partial charge < -0.3 is 10.1 Å². The molecule has 0 radical (unpaired) electrons. The van der Waals surface area contributed by atoms with E-state index in [1.807, 2.05) is 17.5 Å². The normalized spacial score (nSPS) is 11.8. The Kier molecular flexibility index (Phi) is 6.14. The largest absolute Gasteiger partial charge is 0.481 e. The maximum atomic E-state index is 13.2. The summed E-state index contributed by atoms with van der Waals surface area (Å²) >= 11 is 13.6. The van der Waals surface area contributed by atoms with E-state index in [0.717, 1.165) is 10.4 Å². The van der Waals surface area contributed by atoms with Gasteiger partial charge in [0.15, 0.2) is 12.4 Å². The number of benzene rings is 2. The lowest BCUT2D eigenvalue weighted by atomic mass is 10.1. The van der Waals surface area contributed by atoms with E-state index < -0.39 is 6.04 Å². The molecule has 1 N–H and O–H groups in total. The number of thiophene rings is 1. The molecule has 0 spiro atoms. The van der Waals surface area contributed by atoms with Crippen LogP contribution >= 0.6 is 34.5 Å². The first-order chi connectivity index (χ1) is 12.5.